The van der Waals surface area contributed by atoms with Crippen molar-refractivity contribution in [1.82, 2.24) is 14.7 Å². The van der Waals surface area contributed by atoms with E-state index < -0.39 is 5.60 Å². The largest absolute Gasteiger partial charge is 0.389 e. The Hall–Kier alpha value is -1.40. The summed E-state index contributed by atoms with van der Waals surface area (Å²) in [4.78, 5) is 14.1. The summed E-state index contributed by atoms with van der Waals surface area (Å²) in [7, 11) is 1.86. The molecule has 6 heteroatoms. The molecule has 0 aromatic carbocycles. The van der Waals surface area contributed by atoms with E-state index in [4.69, 9.17) is 0 Å². The van der Waals surface area contributed by atoms with Gasteiger partial charge in [-0.2, -0.15) is 5.10 Å². The van der Waals surface area contributed by atoms with E-state index in [2.05, 4.69) is 10.4 Å². The van der Waals surface area contributed by atoms with Crippen molar-refractivity contribution in [2.45, 2.75) is 39.2 Å². The molecule has 2 N–H and O–H groups in total. The van der Waals surface area contributed by atoms with Gasteiger partial charge in [0.25, 0.3) is 0 Å². The maximum atomic E-state index is 12.1. The van der Waals surface area contributed by atoms with Crippen LogP contribution in [0.25, 0.3) is 0 Å². The predicted octanol–water partition coefficient (Wildman–Crippen LogP) is 0.822. The zero-order chi connectivity index (χ0) is 14.9. The Kier molecular flexibility index (Phi) is 4.15. The molecule has 1 aromatic heterocycles. The van der Waals surface area contributed by atoms with Crippen molar-refractivity contribution in [2.24, 2.45) is 7.05 Å². The van der Waals surface area contributed by atoms with Crippen molar-refractivity contribution in [3.63, 3.8) is 0 Å². The molecule has 1 amide bonds. The lowest BCUT2D eigenvalue weighted by Gasteiger charge is -2.36. The third-order valence-electron chi connectivity index (χ3n) is 3.89. The minimum absolute atomic E-state index is 0.0538. The molecule has 1 aromatic rings. The highest BCUT2D eigenvalue weighted by atomic mass is 16.3. The number of rotatable bonds is 3. The SMILES string of the molecule is Cc1nn(C)c(C)c1NC(=O)CN1CCCC(C)(O)C1. The molecule has 0 radical (unpaired) electrons. The summed E-state index contributed by atoms with van der Waals surface area (Å²) in [6, 6.07) is 0. The normalized spacial score (nSPS) is 23.9. The Labute approximate surface area is 119 Å². The molecule has 112 valence electrons. The third kappa shape index (κ3) is 3.37. The van der Waals surface area contributed by atoms with Crippen LogP contribution in [0.5, 0.6) is 0 Å². The van der Waals surface area contributed by atoms with Crippen LogP contribution in [0.2, 0.25) is 0 Å². The van der Waals surface area contributed by atoms with E-state index in [1.54, 1.807) is 4.68 Å². The lowest BCUT2D eigenvalue weighted by Crippen LogP contribution is -2.48. The van der Waals surface area contributed by atoms with Gasteiger partial charge in [0, 0.05) is 13.6 Å². The molecular formula is C14H24N4O2. The van der Waals surface area contributed by atoms with Gasteiger partial charge in [-0.15, -0.1) is 0 Å². The topological polar surface area (TPSA) is 70.4 Å². The third-order valence-corrected chi connectivity index (χ3v) is 3.89. The Morgan fingerprint density at radius 3 is 2.75 bits per heavy atom. The zero-order valence-corrected chi connectivity index (χ0v) is 12.7. The number of carbonyl (C=O) groups is 1. The van der Waals surface area contributed by atoms with Gasteiger partial charge in [0.05, 0.1) is 29.2 Å². The minimum Gasteiger partial charge on any atom is -0.389 e. The fraction of sp³-hybridized carbons (Fsp3) is 0.714. The molecule has 1 aliphatic rings. The lowest BCUT2D eigenvalue weighted by molar-refractivity contribution is -0.118. The average molecular weight is 280 g/mol. The van der Waals surface area contributed by atoms with Crippen molar-refractivity contribution in [3.05, 3.63) is 11.4 Å². The number of amides is 1. The number of anilines is 1. The molecule has 2 rings (SSSR count). The Balaban J connectivity index is 1.96. The fourth-order valence-electron chi connectivity index (χ4n) is 2.79. The molecule has 0 bridgehead atoms. The summed E-state index contributed by atoms with van der Waals surface area (Å²) in [6.07, 6.45) is 1.72. The van der Waals surface area contributed by atoms with E-state index in [0.717, 1.165) is 36.5 Å². The standard InChI is InChI=1S/C14H24N4O2/c1-10-13(11(2)17(4)16-10)15-12(19)8-18-7-5-6-14(3,20)9-18/h20H,5-9H2,1-4H3,(H,15,19). The Morgan fingerprint density at radius 1 is 1.50 bits per heavy atom. The van der Waals surface area contributed by atoms with Crippen LogP contribution in [0, 0.1) is 13.8 Å². The summed E-state index contributed by atoms with van der Waals surface area (Å²) in [5, 5.41) is 17.3. The maximum Gasteiger partial charge on any atom is 0.238 e. The fourth-order valence-corrected chi connectivity index (χ4v) is 2.79. The minimum atomic E-state index is -0.682. The van der Waals surface area contributed by atoms with Crippen LogP contribution in [-0.2, 0) is 11.8 Å². The molecule has 1 saturated heterocycles. The second-order valence-corrected chi connectivity index (χ2v) is 6.03. The molecule has 1 unspecified atom stereocenters. The van der Waals surface area contributed by atoms with Crippen LogP contribution in [0.1, 0.15) is 31.2 Å². The smallest absolute Gasteiger partial charge is 0.238 e. The first-order chi connectivity index (χ1) is 9.28. The van der Waals surface area contributed by atoms with Gasteiger partial charge in [0.15, 0.2) is 0 Å². The van der Waals surface area contributed by atoms with Crippen LogP contribution in [0.15, 0.2) is 0 Å². The van der Waals surface area contributed by atoms with Gasteiger partial charge in [0.1, 0.15) is 0 Å². The number of aromatic nitrogens is 2. The van der Waals surface area contributed by atoms with Crippen molar-refractivity contribution in [1.29, 1.82) is 0 Å². The second kappa shape index (κ2) is 5.54. The van der Waals surface area contributed by atoms with Crippen LogP contribution < -0.4 is 5.32 Å². The van der Waals surface area contributed by atoms with Crippen LogP contribution in [0.4, 0.5) is 5.69 Å². The van der Waals surface area contributed by atoms with Gasteiger partial charge in [-0.3, -0.25) is 14.4 Å². The molecule has 6 nitrogen and oxygen atoms in total. The van der Waals surface area contributed by atoms with E-state index in [0.29, 0.717) is 13.1 Å². The summed E-state index contributed by atoms with van der Waals surface area (Å²) in [6.45, 7) is 7.35. The number of aliphatic hydroxyl groups is 1. The van der Waals surface area contributed by atoms with Gasteiger partial charge in [-0.05, 0) is 40.2 Å². The molecule has 2 heterocycles. The Bertz CT molecular complexity index is 508. The highest BCUT2D eigenvalue weighted by molar-refractivity contribution is 5.93. The quantitative estimate of drug-likeness (QED) is 0.860. The van der Waals surface area contributed by atoms with Gasteiger partial charge < -0.3 is 10.4 Å². The number of nitrogens with zero attached hydrogens (tertiary/aromatic N) is 3. The number of likely N-dealkylation sites (tertiary alicyclic amines) is 1. The monoisotopic (exact) mass is 280 g/mol. The predicted molar refractivity (Wildman–Crippen MR) is 77.6 cm³/mol. The highest BCUT2D eigenvalue weighted by Crippen LogP contribution is 2.21. The Morgan fingerprint density at radius 2 is 2.20 bits per heavy atom. The van der Waals surface area contributed by atoms with Crippen LogP contribution >= 0.6 is 0 Å². The summed E-state index contributed by atoms with van der Waals surface area (Å²) < 4.78 is 1.76. The van der Waals surface area contributed by atoms with Gasteiger partial charge in [-0.1, -0.05) is 0 Å². The number of carbonyl (C=O) groups excluding carboxylic acids is 1. The van der Waals surface area contributed by atoms with Crippen LogP contribution in [0.3, 0.4) is 0 Å². The number of nitrogens with one attached hydrogen (secondary N) is 1. The first kappa shape index (κ1) is 15.0. The van der Waals surface area contributed by atoms with E-state index in [1.165, 1.54) is 0 Å². The molecule has 20 heavy (non-hydrogen) atoms. The zero-order valence-electron chi connectivity index (χ0n) is 12.7. The molecule has 0 spiro atoms. The molecule has 1 aliphatic heterocycles. The van der Waals surface area contributed by atoms with E-state index in [9.17, 15) is 9.90 Å². The number of hydrogen-bond donors (Lipinski definition) is 2. The van der Waals surface area contributed by atoms with E-state index >= 15 is 0 Å². The summed E-state index contributed by atoms with van der Waals surface area (Å²) in [5.41, 5.74) is 1.88. The number of piperidine rings is 1. The maximum absolute atomic E-state index is 12.1. The molecular weight excluding hydrogens is 256 g/mol. The number of aryl methyl sites for hydroxylation is 2. The molecule has 0 saturated carbocycles. The summed E-state index contributed by atoms with van der Waals surface area (Å²) in [5.74, 6) is -0.0538. The lowest BCUT2D eigenvalue weighted by atomic mass is 9.95. The van der Waals surface area contributed by atoms with Crippen molar-refractivity contribution in [3.8, 4) is 0 Å². The number of hydrogen-bond acceptors (Lipinski definition) is 4. The van der Waals surface area contributed by atoms with E-state index in [1.807, 2.05) is 32.7 Å². The molecule has 0 aliphatic carbocycles. The highest BCUT2D eigenvalue weighted by Gasteiger charge is 2.29. The van der Waals surface area contributed by atoms with Crippen molar-refractivity contribution < 1.29 is 9.90 Å². The first-order valence-electron chi connectivity index (χ1n) is 7.03. The number of β-amino-alcohol motifs (C(OH)–C–C–N with tert-alkyl or cyclic N) is 1. The molecule has 1 fully saturated rings. The van der Waals surface area contributed by atoms with Gasteiger partial charge >= 0.3 is 0 Å². The van der Waals surface area contributed by atoms with E-state index in [-0.39, 0.29) is 5.91 Å². The van der Waals surface area contributed by atoms with Crippen molar-refractivity contribution >= 4 is 11.6 Å². The molecule has 1 atom stereocenters. The summed E-state index contributed by atoms with van der Waals surface area (Å²) >= 11 is 0. The second-order valence-electron chi connectivity index (χ2n) is 6.03. The first-order valence-corrected chi connectivity index (χ1v) is 7.03. The van der Waals surface area contributed by atoms with Crippen molar-refractivity contribution in [2.75, 3.05) is 25.0 Å². The van der Waals surface area contributed by atoms with Crippen LogP contribution in [-0.4, -0.2) is 50.9 Å². The average Bonchev–Trinajstić information content (AvgIpc) is 2.54. The van der Waals surface area contributed by atoms with Gasteiger partial charge in [0.2, 0.25) is 5.91 Å². The van der Waals surface area contributed by atoms with Gasteiger partial charge in [-0.25, -0.2) is 0 Å².